The van der Waals surface area contributed by atoms with Gasteiger partial charge in [0.05, 0.1) is 5.69 Å². The van der Waals surface area contributed by atoms with Crippen LogP contribution in [-0.4, -0.2) is 9.97 Å². The van der Waals surface area contributed by atoms with Crippen LogP contribution in [0.5, 0.6) is 0 Å². The summed E-state index contributed by atoms with van der Waals surface area (Å²) in [6, 6.07) is 22.3. The molecule has 3 nitrogen and oxygen atoms in total. The molecule has 108 valence electrons. The summed E-state index contributed by atoms with van der Waals surface area (Å²) < 4.78 is 0. The lowest BCUT2D eigenvalue weighted by molar-refractivity contribution is 1.05. The third kappa shape index (κ3) is 4.03. The Balaban J connectivity index is 1.66. The summed E-state index contributed by atoms with van der Waals surface area (Å²) in [6.45, 7) is 0.715. The topological polar surface area (TPSA) is 37.8 Å². The van der Waals surface area contributed by atoms with Crippen LogP contribution in [0.1, 0.15) is 16.8 Å². The fraction of sp³-hybridized carbons (Fsp3) is 0.0526. The van der Waals surface area contributed by atoms with Crippen molar-refractivity contribution in [1.82, 2.24) is 9.97 Å². The summed E-state index contributed by atoms with van der Waals surface area (Å²) in [4.78, 5) is 8.75. The maximum atomic E-state index is 4.49. The smallest absolute Gasteiger partial charge is 0.223 e. The zero-order valence-electron chi connectivity index (χ0n) is 12.2. The summed E-state index contributed by atoms with van der Waals surface area (Å²) in [5.41, 5.74) is 3.24. The molecule has 0 atom stereocenters. The van der Waals surface area contributed by atoms with Gasteiger partial charge < -0.3 is 5.32 Å². The van der Waals surface area contributed by atoms with Crippen molar-refractivity contribution in [2.75, 3.05) is 5.32 Å². The van der Waals surface area contributed by atoms with Crippen LogP contribution in [0.4, 0.5) is 5.95 Å². The van der Waals surface area contributed by atoms with Crippen LogP contribution < -0.4 is 5.32 Å². The molecule has 1 aromatic heterocycles. The van der Waals surface area contributed by atoms with Gasteiger partial charge in [-0.05, 0) is 23.3 Å². The number of benzene rings is 2. The summed E-state index contributed by atoms with van der Waals surface area (Å²) in [6.07, 6.45) is 5.80. The Morgan fingerprint density at radius 1 is 0.818 bits per heavy atom. The molecule has 22 heavy (non-hydrogen) atoms. The van der Waals surface area contributed by atoms with Crippen molar-refractivity contribution in [3.8, 4) is 0 Å². The number of rotatable bonds is 5. The SMILES string of the molecule is C(=C\c1ccnc(NCc2ccccc2)n1)/c1ccccc1. The molecule has 0 bridgehead atoms. The van der Waals surface area contributed by atoms with Gasteiger partial charge in [-0.25, -0.2) is 9.97 Å². The highest BCUT2D eigenvalue weighted by Crippen LogP contribution is 2.08. The molecule has 0 aliphatic carbocycles. The number of anilines is 1. The zero-order chi connectivity index (χ0) is 15.0. The van der Waals surface area contributed by atoms with Gasteiger partial charge in [0.2, 0.25) is 5.95 Å². The first-order valence-corrected chi connectivity index (χ1v) is 7.24. The van der Waals surface area contributed by atoms with E-state index in [0.29, 0.717) is 12.5 Å². The number of aromatic nitrogens is 2. The largest absolute Gasteiger partial charge is 0.350 e. The third-order valence-electron chi connectivity index (χ3n) is 3.22. The van der Waals surface area contributed by atoms with Crippen LogP contribution in [0.2, 0.25) is 0 Å². The van der Waals surface area contributed by atoms with Crippen LogP contribution in [0, 0.1) is 0 Å². The molecule has 0 unspecified atom stereocenters. The maximum Gasteiger partial charge on any atom is 0.223 e. The van der Waals surface area contributed by atoms with E-state index >= 15 is 0 Å². The Morgan fingerprint density at radius 2 is 1.55 bits per heavy atom. The van der Waals surface area contributed by atoms with Gasteiger partial charge in [0.1, 0.15) is 0 Å². The third-order valence-corrected chi connectivity index (χ3v) is 3.22. The molecule has 2 aromatic carbocycles. The molecule has 1 N–H and O–H groups in total. The van der Waals surface area contributed by atoms with Gasteiger partial charge in [0, 0.05) is 12.7 Å². The minimum atomic E-state index is 0.638. The molecule has 0 fully saturated rings. The van der Waals surface area contributed by atoms with Crippen LogP contribution in [0.15, 0.2) is 72.9 Å². The zero-order valence-corrected chi connectivity index (χ0v) is 12.2. The number of hydrogen-bond acceptors (Lipinski definition) is 3. The highest BCUT2D eigenvalue weighted by molar-refractivity contribution is 5.68. The lowest BCUT2D eigenvalue weighted by Crippen LogP contribution is -2.03. The molecule has 0 saturated heterocycles. The predicted molar refractivity (Wildman–Crippen MR) is 91.2 cm³/mol. The minimum Gasteiger partial charge on any atom is -0.350 e. The number of nitrogens with one attached hydrogen (secondary N) is 1. The van der Waals surface area contributed by atoms with Gasteiger partial charge in [0.15, 0.2) is 0 Å². The highest BCUT2D eigenvalue weighted by atomic mass is 15.1. The summed E-state index contributed by atoms with van der Waals surface area (Å²) in [5.74, 6) is 0.638. The van der Waals surface area contributed by atoms with E-state index < -0.39 is 0 Å². The fourth-order valence-corrected chi connectivity index (χ4v) is 2.07. The Bertz CT molecular complexity index is 737. The molecule has 3 heteroatoms. The molecule has 3 aromatic rings. The molecule has 0 spiro atoms. The predicted octanol–water partition coefficient (Wildman–Crippen LogP) is 4.26. The normalized spacial score (nSPS) is 10.7. The van der Waals surface area contributed by atoms with E-state index in [4.69, 9.17) is 0 Å². The number of hydrogen-bond donors (Lipinski definition) is 1. The quantitative estimate of drug-likeness (QED) is 0.762. The Labute approximate surface area is 130 Å². The van der Waals surface area contributed by atoms with E-state index in [2.05, 4.69) is 39.6 Å². The second kappa shape index (κ2) is 7.18. The molecule has 3 rings (SSSR count). The van der Waals surface area contributed by atoms with Crippen molar-refractivity contribution in [3.63, 3.8) is 0 Å². The standard InChI is InChI=1S/C19H17N3/c1-3-7-16(8-4-1)11-12-18-13-14-20-19(22-18)21-15-17-9-5-2-6-10-17/h1-14H,15H2,(H,20,21,22)/b12-11+. The summed E-state index contributed by atoms with van der Waals surface area (Å²) in [5, 5.41) is 3.24. The van der Waals surface area contributed by atoms with Gasteiger partial charge in [0.25, 0.3) is 0 Å². The Hall–Kier alpha value is -2.94. The molecule has 0 amide bonds. The second-order valence-electron chi connectivity index (χ2n) is 4.89. The lowest BCUT2D eigenvalue weighted by Gasteiger charge is -2.05. The van der Waals surface area contributed by atoms with Gasteiger partial charge in [-0.2, -0.15) is 0 Å². The van der Waals surface area contributed by atoms with Crippen LogP contribution in [-0.2, 0) is 6.54 Å². The van der Waals surface area contributed by atoms with E-state index in [1.807, 2.05) is 54.6 Å². The van der Waals surface area contributed by atoms with Crippen LogP contribution in [0.25, 0.3) is 12.2 Å². The van der Waals surface area contributed by atoms with Crippen molar-refractivity contribution >= 4 is 18.1 Å². The molecule has 0 saturated carbocycles. The highest BCUT2D eigenvalue weighted by Gasteiger charge is 1.97. The first-order chi connectivity index (χ1) is 10.9. The van der Waals surface area contributed by atoms with Crippen LogP contribution in [0.3, 0.4) is 0 Å². The van der Waals surface area contributed by atoms with E-state index in [1.165, 1.54) is 5.56 Å². The minimum absolute atomic E-state index is 0.638. The van der Waals surface area contributed by atoms with Gasteiger partial charge in [-0.3, -0.25) is 0 Å². The van der Waals surface area contributed by atoms with Crippen molar-refractivity contribution in [2.45, 2.75) is 6.54 Å². The lowest BCUT2D eigenvalue weighted by atomic mass is 10.2. The second-order valence-corrected chi connectivity index (χ2v) is 4.89. The first-order valence-electron chi connectivity index (χ1n) is 7.24. The van der Waals surface area contributed by atoms with E-state index in [1.54, 1.807) is 6.20 Å². The monoisotopic (exact) mass is 287 g/mol. The van der Waals surface area contributed by atoms with E-state index in [0.717, 1.165) is 11.3 Å². The summed E-state index contributed by atoms with van der Waals surface area (Å²) in [7, 11) is 0. The van der Waals surface area contributed by atoms with Crippen molar-refractivity contribution < 1.29 is 0 Å². The van der Waals surface area contributed by atoms with Crippen molar-refractivity contribution in [1.29, 1.82) is 0 Å². The number of nitrogens with zero attached hydrogens (tertiary/aromatic N) is 2. The van der Waals surface area contributed by atoms with E-state index in [-0.39, 0.29) is 0 Å². The van der Waals surface area contributed by atoms with Gasteiger partial charge >= 0.3 is 0 Å². The van der Waals surface area contributed by atoms with Crippen LogP contribution >= 0.6 is 0 Å². The van der Waals surface area contributed by atoms with Crippen molar-refractivity contribution in [2.24, 2.45) is 0 Å². The Morgan fingerprint density at radius 3 is 2.32 bits per heavy atom. The van der Waals surface area contributed by atoms with Gasteiger partial charge in [-0.15, -0.1) is 0 Å². The molecule has 0 aliphatic rings. The molecular weight excluding hydrogens is 270 g/mol. The molecule has 1 heterocycles. The average Bonchev–Trinajstić information content (AvgIpc) is 2.60. The first kappa shape index (κ1) is 14.0. The summed E-state index contributed by atoms with van der Waals surface area (Å²) >= 11 is 0. The maximum absolute atomic E-state index is 4.49. The van der Waals surface area contributed by atoms with Crippen molar-refractivity contribution in [3.05, 3.63) is 89.7 Å². The average molecular weight is 287 g/mol. The molecular formula is C19H17N3. The molecule has 0 radical (unpaired) electrons. The fourth-order valence-electron chi connectivity index (χ4n) is 2.07. The Kier molecular flexibility index (Phi) is 4.57. The molecule has 0 aliphatic heterocycles. The van der Waals surface area contributed by atoms with Gasteiger partial charge in [-0.1, -0.05) is 66.7 Å². The van der Waals surface area contributed by atoms with E-state index in [9.17, 15) is 0 Å².